The Morgan fingerprint density at radius 1 is 1.29 bits per heavy atom. The molecular formula is C14H23ClN6. The zero-order chi connectivity index (χ0) is 15.4. The summed E-state index contributed by atoms with van der Waals surface area (Å²) < 4.78 is 3.76. The van der Waals surface area contributed by atoms with Gasteiger partial charge in [0, 0.05) is 12.7 Å². The van der Waals surface area contributed by atoms with E-state index in [1.165, 1.54) is 0 Å². The fourth-order valence-corrected chi connectivity index (χ4v) is 2.24. The van der Waals surface area contributed by atoms with Crippen molar-refractivity contribution in [2.45, 2.75) is 47.3 Å². The molecule has 7 heteroatoms. The lowest BCUT2D eigenvalue weighted by Crippen LogP contribution is -2.19. The number of nitrogens with one attached hydrogen (secondary N) is 1. The van der Waals surface area contributed by atoms with Crippen LogP contribution in [0.15, 0.2) is 6.20 Å². The van der Waals surface area contributed by atoms with Crippen LogP contribution in [-0.4, -0.2) is 31.3 Å². The van der Waals surface area contributed by atoms with E-state index < -0.39 is 0 Å². The van der Waals surface area contributed by atoms with Crippen molar-refractivity contribution in [2.24, 2.45) is 5.92 Å². The number of hydrogen-bond acceptors (Lipinski definition) is 4. The molecule has 0 saturated heterocycles. The van der Waals surface area contributed by atoms with Gasteiger partial charge in [0.05, 0.1) is 35.2 Å². The van der Waals surface area contributed by atoms with E-state index in [4.69, 9.17) is 11.6 Å². The molecule has 6 nitrogen and oxygen atoms in total. The second-order valence-corrected chi connectivity index (χ2v) is 6.08. The average molecular weight is 311 g/mol. The summed E-state index contributed by atoms with van der Waals surface area (Å²) in [5.41, 5.74) is 2.82. The first-order chi connectivity index (χ1) is 9.97. The molecule has 0 aromatic carbocycles. The first-order valence-electron chi connectivity index (χ1n) is 7.26. The predicted octanol–water partition coefficient (Wildman–Crippen LogP) is 2.19. The third kappa shape index (κ3) is 4.28. The van der Waals surface area contributed by atoms with E-state index in [0.29, 0.717) is 5.92 Å². The van der Waals surface area contributed by atoms with Gasteiger partial charge in [-0.15, -0.1) is 5.10 Å². The molecule has 0 atom stereocenters. The normalized spacial score (nSPS) is 11.5. The highest BCUT2D eigenvalue weighted by atomic mass is 35.5. The van der Waals surface area contributed by atoms with Crippen molar-refractivity contribution in [1.82, 2.24) is 30.1 Å². The number of aryl methyl sites for hydroxylation is 3. The second-order valence-electron chi connectivity index (χ2n) is 5.71. The zero-order valence-electron chi connectivity index (χ0n) is 13.1. The van der Waals surface area contributed by atoms with Gasteiger partial charge >= 0.3 is 0 Å². The highest BCUT2D eigenvalue weighted by Crippen LogP contribution is 2.18. The summed E-state index contributed by atoms with van der Waals surface area (Å²) in [5, 5.41) is 16.8. The van der Waals surface area contributed by atoms with Crippen LogP contribution >= 0.6 is 11.6 Å². The molecule has 0 bridgehead atoms. The maximum Gasteiger partial charge on any atom is 0.0964 e. The van der Waals surface area contributed by atoms with Crippen LogP contribution in [0.5, 0.6) is 0 Å². The molecule has 0 unspecified atom stereocenters. The minimum absolute atomic E-state index is 0.635. The predicted molar refractivity (Wildman–Crippen MR) is 83.3 cm³/mol. The second kappa shape index (κ2) is 7.04. The maximum absolute atomic E-state index is 6.14. The van der Waals surface area contributed by atoms with Crippen molar-refractivity contribution in [3.8, 4) is 0 Å². The van der Waals surface area contributed by atoms with Crippen molar-refractivity contribution in [1.29, 1.82) is 0 Å². The molecule has 0 spiro atoms. The van der Waals surface area contributed by atoms with Crippen LogP contribution < -0.4 is 5.32 Å². The third-order valence-electron chi connectivity index (χ3n) is 3.28. The molecule has 1 N–H and O–H groups in total. The largest absolute Gasteiger partial charge is 0.311 e. The Morgan fingerprint density at radius 2 is 2.05 bits per heavy atom. The molecule has 0 radical (unpaired) electrons. The molecule has 0 aliphatic rings. The summed E-state index contributed by atoms with van der Waals surface area (Å²) in [6.07, 6.45) is 1.97. The van der Waals surface area contributed by atoms with Gasteiger partial charge in [-0.05, 0) is 26.3 Å². The van der Waals surface area contributed by atoms with E-state index in [1.54, 1.807) is 0 Å². The van der Waals surface area contributed by atoms with E-state index >= 15 is 0 Å². The van der Waals surface area contributed by atoms with Crippen LogP contribution in [0.1, 0.15) is 30.9 Å². The Hall–Kier alpha value is -1.40. The standard InChI is InChI=1S/C14H23ClN6/c1-10(2)7-16-8-13-9-20(19-17-13)5-6-21-12(4)14(15)11(3)18-21/h9-10,16H,5-8H2,1-4H3. The van der Waals surface area contributed by atoms with Gasteiger partial charge in [0.1, 0.15) is 0 Å². The summed E-state index contributed by atoms with van der Waals surface area (Å²) in [4.78, 5) is 0. The lowest BCUT2D eigenvalue weighted by Gasteiger charge is -2.05. The fourth-order valence-electron chi connectivity index (χ4n) is 2.11. The van der Waals surface area contributed by atoms with Gasteiger partial charge in [-0.25, -0.2) is 0 Å². The van der Waals surface area contributed by atoms with Gasteiger partial charge in [-0.3, -0.25) is 9.36 Å². The van der Waals surface area contributed by atoms with E-state index in [1.807, 2.05) is 29.4 Å². The van der Waals surface area contributed by atoms with Gasteiger partial charge in [0.2, 0.25) is 0 Å². The van der Waals surface area contributed by atoms with Crippen LogP contribution in [0.4, 0.5) is 0 Å². The zero-order valence-corrected chi connectivity index (χ0v) is 13.9. The van der Waals surface area contributed by atoms with Crippen LogP contribution in [0, 0.1) is 19.8 Å². The number of hydrogen-bond donors (Lipinski definition) is 1. The highest BCUT2D eigenvalue weighted by Gasteiger charge is 2.09. The summed E-state index contributed by atoms with van der Waals surface area (Å²) in [7, 11) is 0. The van der Waals surface area contributed by atoms with Crippen LogP contribution in [0.2, 0.25) is 5.02 Å². The first kappa shape index (κ1) is 16.0. The number of aromatic nitrogens is 5. The molecule has 21 heavy (non-hydrogen) atoms. The topological polar surface area (TPSA) is 60.6 Å². The van der Waals surface area contributed by atoms with Crippen molar-refractivity contribution in [3.05, 3.63) is 28.3 Å². The third-order valence-corrected chi connectivity index (χ3v) is 3.83. The molecule has 2 rings (SSSR count). The van der Waals surface area contributed by atoms with Gasteiger partial charge < -0.3 is 5.32 Å². The van der Waals surface area contributed by atoms with E-state index in [2.05, 4.69) is 34.6 Å². The van der Waals surface area contributed by atoms with Gasteiger partial charge in [-0.1, -0.05) is 30.7 Å². The van der Waals surface area contributed by atoms with Crippen molar-refractivity contribution in [2.75, 3.05) is 6.54 Å². The van der Waals surface area contributed by atoms with Crippen LogP contribution in [0.3, 0.4) is 0 Å². The molecule has 0 aliphatic heterocycles. The SMILES string of the molecule is Cc1nn(CCn2cc(CNCC(C)C)nn2)c(C)c1Cl. The summed E-state index contributed by atoms with van der Waals surface area (Å²) in [6, 6.07) is 0. The minimum atomic E-state index is 0.635. The molecular weight excluding hydrogens is 288 g/mol. The molecule has 0 amide bonds. The average Bonchev–Trinajstić information content (AvgIpc) is 2.97. The molecule has 2 aromatic rings. The minimum Gasteiger partial charge on any atom is -0.311 e. The lowest BCUT2D eigenvalue weighted by molar-refractivity contribution is 0.481. The number of halogens is 1. The smallest absolute Gasteiger partial charge is 0.0964 e. The molecule has 2 heterocycles. The van der Waals surface area contributed by atoms with Gasteiger partial charge in [0.15, 0.2) is 0 Å². The van der Waals surface area contributed by atoms with Crippen molar-refractivity contribution >= 4 is 11.6 Å². The molecule has 0 aliphatic carbocycles. The Bertz CT molecular complexity index is 586. The summed E-state index contributed by atoms with van der Waals surface area (Å²) in [5.74, 6) is 0.635. The quantitative estimate of drug-likeness (QED) is 0.851. The van der Waals surface area contributed by atoms with Gasteiger partial charge in [-0.2, -0.15) is 5.10 Å². The summed E-state index contributed by atoms with van der Waals surface area (Å²) in [6.45, 7) is 11.5. The highest BCUT2D eigenvalue weighted by molar-refractivity contribution is 6.31. The van der Waals surface area contributed by atoms with E-state index in [0.717, 1.165) is 48.3 Å². The summed E-state index contributed by atoms with van der Waals surface area (Å²) >= 11 is 6.14. The fraction of sp³-hybridized carbons (Fsp3) is 0.643. The van der Waals surface area contributed by atoms with Crippen molar-refractivity contribution in [3.63, 3.8) is 0 Å². The monoisotopic (exact) mass is 310 g/mol. The Balaban J connectivity index is 1.86. The van der Waals surface area contributed by atoms with E-state index in [-0.39, 0.29) is 0 Å². The molecule has 2 aromatic heterocycles. The van der Waals surface area contributed by atoms with Crippen LogP contribution in [0.25, 0.3) is 0 Å². The van der Waals surface area contributed by atoms with Gasteiger partial charge in [0.25, 0.3) is 0 Å². The van der Waals surface area contributed by atoms with Crippen molar-refractivity contribution < 1.29 is 0 Å². The van der Waals surface area contributed by atoms with Crippen LogP contribution in [-0.2, 0) is 19.6 Å². The number of rotatable bonds is 7. The Labute approximate surface area is 130 Å². The number of nitrogens with zero attached hydrogens (tertiary/aromatic N) is 5. The maximum atomic E-state index is 6.14. The van der Waals surface area contributed by atoms with E-state index in [9.17, 15) is 0 Å². The first-order valence-corrected chi connectivity index (χ1v) is 7.64. The molecule has 0 saturated carbocycles. The molecule has 0 fully saturated rings. The lowest BCUT2D eigenvalue weighted by atomic mass is 10.2. The molecule has 116 valence electrons. The Kier molecular flexibility index (Phi) is 5.36. The Morgan fingerprint density at radius 3 is 2.67 bits per heavy atom.